The van der Waals surface area contributed by atoms with E-state index < -0.39 is 0 Å². The van der Waals surface area contributed by atoms with Gasteiger partial charge in [0.25, 0.3) is 5.56 Å². The van der Waals surface area contributed by atoms with Crippen LogP contribution in [0.3, 0.4) is 0 Å². The number of rotatable bonds is 8. The molecule has 0 aliphatic carbocycles. The summed E-state index contributed by atoms with van der Waals surface area (Å²) in [6, 6.07) is 22.9. The first kappa shape index (κ1) is 22.6. The van der Waals surface area contributed by atoms with Gasteiger partial charge in [-0.2, -0.15) is 0 Å². The van der Waals surface area contributed by atoms with Crippen LogP contribution in [-0.4, -0.2) is 28.3 Å². The van der Waals surface area contributed by atoms with E-state index in [1.54, 1.807) is 17.7 Å². The number of nitrogens with zero attached hydrogens (tertiary/aromatic N) is 2. The van der Waals surface area contributed by atoms with Crippen molar-refractivity contribution in [3.63, 3.8) is 0 Å². The van der Waals surface area contributed by atoms with Crippen molar-refractivity contribution in [2.75, 3.05) is 12.9 Å². The van der Waals surface area contributed by atoms with Gasteiger partial charge in [-0.15, -0.1) is 0 Å². The van der Waals surface area contributed by atoms with Crippen LogP contribution in [0, 0.1) is 6.92 Å². The molecule has 0 atom stereocenters. The van der Waals surface area contributed by atoms with Gasteiger partial charge >= 0.3 is 0 Å². The average molecular weight is 460 g/mol. The first-order valence-electron chi connectivity index (χ1n) is 10.6. The molecule has 0 spiro atoms. The van der Waals surface area contributed by atoms with Crippen molar-refractivity contribution in [3.8, 4) is 5.75 Å². The maximum absolute atomic E-state index is 13.2. The molecule has 0 aliphatic heterocycles. The maximum atomic E-state index is 13.2. The molecule has 33 heavy (non-hydrogen) atoms. The second kappa shape index (κ2) is 10.4. The lowest BCUT2D eigenvalue weighted by molar-refractivity contribution is -0.118. The Labute approximate surface area is 196 Å². The van der Waals surface area contributed by atoms with E-state index in [1.165, 1.54) is 11.8 Å². The molecule has 168 valence electrons. The van der Waals surface area contributed by atoms with Gasteiger partial charge in [0.2, 0.25) is 5.91 Å². The van der Waals surface area contributed by atoms with Crippen molar-refractivity contribution in [3.05, 3.63) is 99.8 Å². The van der Waals surface area contributed by atoms with Crippen molar-refractivity contribution in [1.82, 2.24) is 14.9 Å². The molecule has 3 aromatic carbocycles. The summed E-state index contributed by atoms with van der Waals surface area (Å²) in [5.41, 5.74) is 3.57. The molecular formula is C26H25N3O3S. The molecule has 7 heteroatoms. The molecule has 0 radical (unpaired) electrons. The summed E-state index contributed by atoms with van der Waals surface area (Å²) >= 11 is 1.26. The molecule has 1 heterocycles. The minimum atomic E-state index is -0.143. The molecular weight excluding hydrogens is 434 g/mol. The summed E-state index contributed by atoms with van der Waals surface area (Å²) in [4.78, 5) is 30.5. The lowest BCUT2D eigenvalue weighted by Gasteiger charge is -2.14. The quantitative estimate of drug-likeness (QED) is 0.316. The summed E-state index contributed by atoms with van der Waals surface area (Å²) in [6.07, 6.45) is 0. The Kier molecular flexibility index (Phi) is 7.10. The lowest BCUT2D eigenvalue weighted by atomic mass is 10.1. The molecule has 4 rings (SSSR count). The second-order valence-electron chi connectivity index (χ2n) is 7.67. The predicted molar refractivity (Wildman–Crippen MR) is 132 cm³/mol. The number of aryl methyl sites for hydroxylation is 1. The predicted octanol–water partition coefficient (Wildman–Crippen LogP) is 4.17. The molecule has 1 N–H and O–H groups in total. The van der Waals surface area contributed by atoms with Crippen LogP contribution in [0.25, 0.3) is 10.9 Å². The van der Waals surface area contributed by atoms with Gasteiger partial charge in [-0.3, -0.25) is 14.2 Å². The highest BCUT2D eigenvalue weighted by molar-refractivity contribution is 7.99. The van der Waals surface area contributed by atoms with Crippen molar-refractivity contribution >= 4 is 28.6 Å². The first-order valence-corrected chi connectivity index (χ1v) is 11.6. The van der Waals surface area contributed by atoms with Crippen LogP contribution in [0.2, 0.25) is 0 Å². The normalized spacial score (nSPS) is 10.8. The monoisotopic (exact) mass is 459 g/mol. The van der Waals surface area contributed by atoms with Gasteiger partial charge in [0.15, 0.2) is 5.16 Å². The molecule has 0 aliphatic rings. The lowest BCUT2D eigenvalue weighted by Crippen LogP contribution is -2.27. The molecule has 1 aromatic heterocycles. The minimum absolute atomic E-state index is 0.113. The van der Waals surface area contributed by atoms with Gasteiger partial charge in [-0.05, 0) is 30.7 Å². The number of thioether (sulfide) groups is 1. The van der Waals surface area contributed by atoms with Crippen molar-refractivity contribution in [2.24, 2.45) is 0 Å². The highest BCUT2D eigenvalue weighted by Gasteiger charge is 2.14. The van der Waals surface area contributed by atoms with Gasteiger partial charge in [0.05, 0.1) is 30.3 Å². The van der Waals surface area contributed by atoms with E-state index >= 15 is 0 Å². The number of amides is 1. The third-order valence-corrected chi connectivity index (χ3v) is 6.27. The third-order valence-electron chi connectivity index (χ3n) is 5.29. The molecule has 0 bridgehead atoms. The Morgan fingerprint density at radius 3 is 2.55 bits per heavy atom. The summed E-state index contributed by atoms with van der Waals surface area (Å²) in [5.74, 6) is 0.733. The summed E-state index contributed by atoms with van der Waals surface area (Å²) in [5, 5.41) is 4.00. The standard InChI is InChI=1S/C26H25N3O3S/c1-18-11-13-19(14-12-18)16-29-25(31)21-8-4-5-9-22(21)28-26(29)33-17-24(30)27-15-20-7-3-6-10-23(20)32-2/h3-14H,15-17H2,1-2H3,(H,27,30). The van der Waals surface area contributed by atoms with Crippen LogP contribution in [0.15, 0.2) is 82.7 Å². The molecule has 0 unspecified atom stereocenters. The van der Waals surface area contributed by atoms with E-state index in [0.29, 0.717) is 29.1 Å². The Morgan fingerprint density at radius 2 is 1.76 bits per heavy atom. The number of para-hydroxylation sites is 2. The summed E-state index contributed by atoms with van der Waals surface area (Å²) < 4.78 is 6.98. The van der Waals surface area contributed by atoms with E-state index in [-0.39, 0.29) is 17.2 Å². The van der Waals surface area contributed by atoms with Crippen LogP contribution in [-0.2, 0) is 17.9 Å². The van der Waals surface area contributed by atoms with E-state index in [2.05, 4.69) is 5.32 Å². The summed E-state index contributed by atoms with van der Waals surface area (Å²) in [6.45, 7) is 2.78. The second-order valence-corrected chi connectivity index (χ2v) is 8.61. The first-order chi connectivity index (χ1) is 16.0. The van der Waals surface area contributed by atoms with Gasteiger partial charge in [0.1, 0.15) is 5.75 Å². The SMILES string of the molecule is COc1ccccc1CNC(=O)CSc1nc2ccccc2c(=O)n1Cc1ccc(C)cc1. The Hall–Kier alpha value is -3.58. The largest absolute Gasteiger partial charge is 0.496 e. The number of carbonyl (C=O) groups is 1. The Balaban J connectivity index is 1.54. The number of hydrogen-bond acceptors (Lipinski definition) is 5. The fraction of sp³-hybridized carbons (Fsp3) is 0.192. The van der Waals surface area contributed by atoms with Crippen LogP contribution >= 0.6 is 11.8 Å². The molecule has 0 fully saturated rings. The number of ether oxygens (including phenoxy) is 1. The topological polar surface area (TPSA) is 73.2 Å². The van der Waals surface area contributed by atoms with E-state index in [9.17, 15) is 9.59 Å². The van der Waals surface area contributed by atoms with Gasteiger partial charge in [-0.25, -0.2) is 4.98 Å². The highest BCUT2D eigenvalue weighted by atomic mass is 32.2. The molecule has 4 aromatic rings. The van der Waals surface area contributed by atoms with E-state index in [4.69, 9.17) is 9.72 Å². The van der Waals surface area contributed by atoms with Gasteiger partial charge in [-0.1, -0.05) is 71.9 Å². The van der Waals surface area contributed by atoms with Crippen LogP contribution < -0.4 is 15.6 Å². The number of carbonyl (C=O) groups excluding carboxylic acids is 1. The minimum Gasteiger partial charge on any atom is -0.496 e. The molecule has 0 saturated carbocycles. The van der Waals surface area contributed by atoms with Crippen molar-refractivity contribution < 1.29 is 9.53 Å². The van der Waals surface area contributed by atoms with Crippen LogP contribution in [0.4, 0.5) is 0 Å². The highest BCUT2D eigenvalue weighted by Crippen LogP contribution is 2.20. The Morgan fingerprint density at radius 1 is 1.03 bits per heavy atom. The zero-order valence-electron chi connectivity index (χ0n) is 18.6. The Bertz CT molecular complexity index is 1330. The molecule has 0 saturated heterocycles. The number of fused-ring (bicyclic) bond motifs is 1. The van der Waals surface area contributed by atoms with Crippen molar-refractivity contribution in [1.29, 1.82) is 0 Å². The number of aromatic nitrogens is 2. The zero-order chi connectivity index (χ0) is 23.2. The zero-order valence-corrected chi connectivity index (χ0v) is 19.4. The van der Waals surface area contributed by atoms with Crippen LogP contribution in [0.1, 0.15) is 16.7 Å². The number of nitrogens with one attached hydrogen (secondary N) is 1. The van der Waals surface area contributed by atoms with E-state index in [0.717, 1.165) is 22.4 Å². The fourth-order valence-corrected chi connectivity index (χ4v) is 4.33. The molecule has 1 amide bonds. The van der Waals surface area contributed by atoms with Gasteiger partial charge < -0.3 is 10.1 Å². The number of hydrogen-bond donors (Lipinski definition) is 1. The van der Waals surface area contributed by atoms with Crippen molar-refractivity contribution in [2.45, 2.75) is 25.2 Å². The average Bonchev–Trinajstić information content (AvgIpc) is 2.84. The number of benzene rings is 3. The van der Waals surface area contributed by atoms with E-state index in [1.807, 2.05) is 73.7 Å². The smallest absolute Gasteiger partial charge is 0.262 e. The summed E-state index contributed by atoms with van der Waals surface area (Å²) in [7, 11) is 1.61. The maximum Gasteiger partial charge on any atom is 0.262 e. The molecule has 6 nitrogen and oxygen atoms in total. The number of methoxy groups -OCH3 is 1. The van der Waals surface area contributed by atoms with Gasteiger partial charge in [0, 0.05) is 12.1 Å². The fourth-order valence-electron chi connectivity index (χ4n) is 3.50. The third kappa shape index (κ3) is 5.43. The van der Waals surface area contributed by atoms with Crippen LogP contribution in [0.5, 0.6) is 5.75 Å².